The van der Waals surface area contributed by atoms with Crippen LogP contribution in [0.5, 0.6) is 0 Å². The molecule has 1 aromatic heterocycles. The van der Waals surface area contributed by atoms with Crippen molar-refractivity contribution in [3.8, 4) is 0 Å². The van der Waals surface area contributed by atoms with Gasteiger partial charge in [-0.1, -0.05) is 6.92 Å². The van der Waals surface area contributed by atoms with Crippen LogP contribution in [0.4, 0.5) is 11.4 Å². The van der Waals surface area contributed by atoms with Crippen LogP contribution in [0.3, 0.4) is 0 Å². The number of likely N-dealkylation sites (N-methyl/N-ethyl adjacent to an activating group) is 1. The number of piperazine rings is 1. The lowest BCUT2D eigenvalue weighted by Gasteiger charge is -2.35. The molecule has 0 spiro atoms. The number of fused-ring (bicyclic) bond motifs is 1. The van der Waals surface area contributed by atoms with Crippen molar-refractivity contribution in [3.63, 3.8) is 0 Å². The fraction of sp³-hybridized carbons (Fsp3) is 0.478. The summed E-state index contributed by atoms with van der Waals surface area (Å²) in [7, 11) is 0. The van der Waals surface area contributed by atoms with Crippen LogP contribution in [0.2, 0.25) is 0 Å². The topological polar surface area (TPSA) is 61.9 Å². The lowest BCUT2D eigenvalue weighted by Crippen LogP contribution is -2.46. The first kappa shape index (κ1) is 20.9. The van der Waals surface area contributed by atoms with E-state index in [4.69, 9.17) is 4.74 Å². The number of hydrogen-bond acceptors (Lipinski definition) is 6. The number of anilines is 2. The van der Waals surface area contributed by atoms with E-state index in [1.807, 2.05) is 30.3 Å². The molecule has 0 radical (unpaired) electrons. The highest BCUT2D eigenvalue weighted by Gasteiger charge is 2.19. The van der Waals surface area contributed by atoms with Crippen LogP contribution in [-0.4, -0.2) is 56.1 Å². The second-order valence-corrected chi connectivity index (χ2v) is 9.00. The van der Waals surface area contributed by atoms with Gasteiger partial charge in [-0.05, 0) is 68.1 Å². The number of benzene rings is 1. The van der Waals surface area contributed by atoms with E-state index in [0.717, 1.165) is 51.3 Å². The molecule has 7 heteroatoms. The van der Waals surface area contributed by atoms with Crippen LogP contribution in [-0.2, 0) is 22.4 Å². The molecular formula is C23H29N3O3S. The number of aryl methyl sites for hydroxylation is 2. The van der Waals surface area contributed by atoms with E-state index in [1.165, 1.54) is 34.6 Å². The van der Waals surface area contributed by atoms with Gasteiger partial charge in [0.1, 0.15) is 4.88 Å². The average molecular weight is 428 g/mol. The summed E-state index contributed by atoms with van der Waals surface area (Å²) >= 11 is 1.50. The van der Waals surface area contributed by atoms with E-state index >= 15 is 0 Å². The predicted octanol–water partition coefficient (Wildman–Crippen LogP) is 3.56. The minimum Gasteiger partial charge on any atom is -0.451 e. The number of nitrogens with zero attached hydrogens (tertiary/aromatic N) is 2. The van der Waals surface area contributed by atoms with Gasteiger partial charge < -0.3 is 19.9 Å². The number of hydrogen-bond donors (Lipinski definition) is 1. The maximum atomic E-state index is 12.3. The molecule has 1 aromatic carbocycles. The molecule has 1 amide bonds. The number of ether oxygens (including phenoxy) is 1. The molecule has 1 fully saturated rings. The van der Waals surface area contributed by atoms with Crippen molar-refractivity contribution >= 4 is 34.6 Å². The third-order valence-corrected chi connectivity index (χ3v) is 7.08. The summed E-state index contributed by atoms with van der Waals surface area (Å²) in [6.07, 6.45) is 4.43. The number of carbonyl (C=O) groups excluding carboxylic acids is 2. The summed E-state index contributed by atoms with van der Waals surface area (Å²) in [6, 6.07) is 9.78. The molecule has 0 unspecified atom stereocenters. The first-order valence-electron chi connectivity index (χ1n) is 10.8. The Morgan fingerprint density at radius 3 is 2.50 bits per heavy atom. The molecule has 30 heavy (non-hydrogen) atoms. The number of carbonyl (C=O) groups is 2. The van der Waals surface area contributed by atoms with Crippen LogP contribution in [0.1, 0.15) is 39.9 Å². The van der Waals surface area contributed by atoms with Gasteiger partial charge in [-0.2, -0.15) is 0 Å². The molecule has 2 aromatic rings. The van der Waals surface area contributed by atoms with E-state index in [2.05, 4.69) is 22.0 Å². The molecule has 0 bridgehead atoms. The second-order valence-electron chi connectivity index (χ2n) is 7.86. The van der Waals surface area contributed by atoms with Crippen molar-refractivity contribution in [2.24, 2.45) is 0 Å². The van der Waals surface area contributed by atoms with Crippen LogP contribution in [0, 0.1) is 0 Å². The fourth-order valence-corrected chi connectivity index (χ4v) is 5.22. The molecule has 1 N–H and O–H groups in total. The minimum atomic E-state index is -0.411. The number of thiophene rings is 1. The molecular weight excluding hydrogens is 398 g/mol. The summed E-state index contributed by atoms with van der Waals surface area (Å²) < 4.78 is 5.23. The average Bonchev–Trinajstić information content (AvgIpc) is 3.22. The molecule has 1 saturated heterocycles. The zero-order chi connectivity index (χ0) is 20.9. The van der Waals surface area contributed by atoms with Crippen LogP contribution in [0.25, 0.3) is 0 Å². The Hall–Kier alpha value is -2.38. The molecule has 0 atom stereocenters. The lowest BCUT2D eigenvalue weighted by atomic mass is 9.99. The molecule has 6 nitrogen and oxygen atoms in total. The Labute approximate surface area is 181 Å². The Morgan fingerprint density at radius 1 is 1.07 bits per heavy atom. The monoisotopic (exact) mass is 427 g/mol. The number of nitrogens with one attached hydrogen (secondary N) is 1. The largest absolute Gasteiger partial charge is 0.451 e. The van der Waals surface area contributed by atoms with Crippen LogP contribution in [0.15, 0.2) is 30.3 Å². The van der Waals surface area contributed by atoms with Gasteiger partial charge in [0.25, 0.3) is 5.91 Å². The molecule has 1 aliphatic carbocycles. The van der Waals surface area contributed by atoms with Gasteiger partial charge in [-0.15, -0.1) is 11.3 Å². The Balaban J connectivity index is 1.25. The maximum absolute atomic E-state index is 12.3. The van der Waals surface area contributed by atoms with E-state index in [9.17, 15) is 9.59 Å². The molecule has 0 saturated carbocycles. The highest BCUT2D eigenvalue weighted by atomic mass is 32.1. The van der Waals surface area contributed by atoms with Gasteiger partial charge >= 0.3 is 5.97 Å². The summed E-state index contributed by atoms with van der Waals surface area (Å²) in [6.45, 7) is 7.20. The third-order valence-electron chi connectivity index (χ3n) is 5.87. The third kappa shape index (κ3) is 5.02. The molecule has 160 valence electrons. The number of amides is 1. The second kappa shape index (κ2) is 9.62. The predicted molar refractivity (Wildman–Crippen MR) is 121 cm³/mol. The quantitative estimate of drug-likeness (QED) is 0.714. The van der Waals surface area contributed by atoms with Crippen LogP contribution >= 0.6 is 11.3 Å². The van der Waals surface area contributed by atoms with Gasteiger partial charge in [-0.3, -0.25) is 4.79 Å². The van der Waals surface area contributed by atoms with Crippen molar-refractivity contribution in [1.82, 2.24) is 4.90 Å². The summed E-state index contributed by atoms with van der Waals surface area (Å²) in [5, 5.41) is 2.80. The molecule has 2 heterocycles. The number of esters is 1. The SMILES string of the molecule is CCN1CCN(c2ccc(NC(=O)COC(=O)c3cc4c(s3)CCCC4)cc2)CC1. The Kier molecular flexibility index (Phi) is 6.69. The molecule has 4 rings (SSSR count). The van der Waals surface area contributed by atoms with Crippen LogP contribution < -0.4 is 10.2 Å². The summed E-state index contributed by atoms with van der Waals surface area (Å²) in [5.41, 5.74) is 3.13. The smallest absolute Gasteiger partial charge is 0.348 e. The summed E-state index contributed by atoms with van der Waals surface area (Å²) in [4.78, 5) is 31.2. The van der Waals surface area contributed by atoms with E-state index in [-0.39, 0.29) is 12.5 Å². The van der Waals surface area contributed by atoms with Crippen molar-refractivity contribution in [2.75, 3.05) is 49.5 Å². The van der Waals surface area contributed by atoms with Gasteiger partial charge in [-0.25, -0.2) is 4.79 Å². The Morgan fingerprint density at radius 2 is 1.80 bits per heavy atom. The van der Waals surface area contributed by atoms with E-state index < -0.39 is 5.97 Å². The zero-order valence-corrected chi connectivity index (χ0v) is 18.3. The van der Waals surface area contributed by atoms with Gasteiger partial charge in [0.15, 0.2) is 6.61 Å². The normalized spacial score (nSPS) is 16.8. The molecule has 1 aliphatic heterocycles. The number of rotatable bonds is 6. The van der Waals surface area contributed by atoms with Gasteiger partial charge in [0, 0.05) is 42.4 Å². The van der Waals surface area contributed by atoms with Gasteiger partial charge in [0.05, 0.1) is 0 Å². The van der Waals surface area contributed by atoms with E-state index in [0.29, 0.717) is 10.6 Å². The highest BCUT2D eigenvalue weighted by Crippen LogP contribution is 2.30. The van der Waals surface area contributed by atoms with Crippen molar-refractivity contribution < 1.29 is 14.3 Å². The van der Waals surface area contributed by atoms with Crippen molar-refractivity contribution in [2.45, 2.75) is 32.6 Å². The standard InChI is InChI=1S/C23H29N3O3S/c1-2-25-11-13-26(14-12-25)19-9-7-18(8-10-19)24-22(27)16-29-23(28)21-15-17-5-3-4-6-20(17)30-21/h7-10,15H,2-6,11-14,16H2,1H3,(H,24,27). The maximum Gasteiger partial charge on any atom is 0.348 e. The lowest BCUT2D eigenvalue weighted by molar-refractivity contribution is -0.119. The Bertz CT molecular complexity index is 862. The van der Waals surface area contributed by atoms with E-state index in [1.54, 1.807) is 0 Å². The first-order chi connectivity index (χ1) is 14.6. The minimum absolute atomic E-state index is 0.276. The van der Waals surface area contributed by atoms with Crippen molar-refractivity contribution in [1.29, 1.82) is 0 Å². The van der Waals surface area contributed by atoms with Crippen molar-refractivity contribution in [3.05, 3.63) is 45.6 Å². The summed E-state index contributed by atoms with van der Waals surface area (Å²) in [5.74, 6) is -0.736. The zero-order valence-electron chi connectivity index (χ0n) is 17.5. The molecule has 2 aliphatic rings. The van der Waals surface area contributed by atoms with Gasteiger partial charge in [0.2, 0.25) is 0 Å². The first-order valence-corrected chi connectivity index (χ1v) is 11.6. The highest BCUT2D eigenvalue weighted by molar-refractivity contribution is 7.14. The fourth-order valence-electron chi connectivity index (χ4n) is 4.07.